The SMILES string of the molecule is CC(C)C1=Nc2cc3c(cc2C1)CCCC3. The first-order chi connectivity index (χ1) is 7.74. The van der Waals surface area contributed by atoms with Crippen LogP contribution in [0.3, 0.4) is 0 Å². The molecule has 0 spiro atoms. The summed E-state index contributed by atoms with van der Waals surface area (Å²) in [5.41, 5.74) is 7.22. The van der Waals surface area contributed by atoms with E-state index in [1.54, 1.807) is 11.1 Å². The van der Waals surface area contributed by atoms with Crippen molar-refractivity contribution in [1.29, 1.82) is 0 Å². The van der Waals surface area contributed by atoms with Crippen LogP contribution >= 0.6 is 0 Å². The number of hydrogen-bond acceptors (Lipinski definition) is 1. The Morgan fingerprint density at radius 2 is 1.69 bits per heavy atom. The molecule has 0 fully saturated rings. The van der Waals surface area contributed by atoms with Crippen LogP contribution in [0.5, 0.6) is 0 Å². The predicted octanol–water partition coefficient (Wildman–Crippen LogP) is 3.85. The summed E-state index contributed by atoms with van der Waals surface area (Å²) < 4.78 is 0. The van der Waals surface area contributed by atoms with Crippen LogP contribution in [0.4, 0.5) is 5.69 Å². The molecule has 16 heavy (non-hydrogen) atoms. The molecule has 0 amide bonds. The van der Waals surface area contributed by atoms with Crippen LogP contribution in [-0.4, -0.2) is 5.71 Å². The van der Waals surface area contributed by atoms with Gasteiger partial charge in [-0.05, 0) is 54.4 Å². The lowest BCUT2D eigenvalue weighted by Gasteiger charge is -2.16. The largest absolute Gasteiger partial charge is 0.257 e. The number of nitrogens with zero attached hydrogens (tertiary/aromatic N) is 1. The Kier molecular flexibility index (Phi) is 2.34. The van der Waals surface area contributed by atoms with Crippen LogP contribution < -0.4 is 0 Å². The zero-order valence-electron chi connectivity index (χ0n) is 10.2. The molecule has 1 heteroatoms. The smallest absolute Gasteiger partial charge is 0.0668 e. The molecule has 1 aromatic rings. The average Bonchev–Trinajstić information content (AvgIpc) is 2.68. The van der Waals surface area contributed by atoms with Gasteiger partial charge < -0.3 is 0 Å². The maximum Gasteiger partial charge on any atom is 0.0668 e. The van der Waals surface area contributed by atoms with Crippen LogP contribution in [-0.2, 0) is 19.3 Å². The third-order valence-electron chi connectivity index (χ3n) is 3.85. The number of aryl methyl sites for hydroxylation is 2. The van der Waals surface area contributed by atoms with E-state index in [9.17, 15) is 0 Å². The van der Waals surface area contributed by atoms with Gasteiger partial charge in [0.25, 0.3) is 0 Å². The summed E-state index contributed by atoms with van der Waals surface area (Å²) in [4.78, 5) is 4.78. The highest BCUT2D eigenvalue weighted by atomic mass is 14.8. The molecule has 1 nitrogen and oxygen atoms in total. The zero-order valence-corrected chi connectivity index (χ0v) is 10.2. The van der Waals surface area contributed by atoms with E-state index in [0.29, 0.717) is 5.92 Å². The van der Waals surface area contributed by atoms with Gasteiger partial charge in [0.1, 0.15) is 0 Å². The Hall–Kier alpha value is -1.11. The number of hydrogen-bond donors (Lipinski definition) is 0. The molecule has 3 rings (SSSR count). The minimum atomic E-state index is 0.587. The minimum absolute atomic E-state index is 0.587. The first-order valence-electron chi connectivity index (χ1n) is 6.46. The van der Waals surface area contributed by atoms with Crippen molar-refractivity contribution in [3.63, 3.8) is 0 Å². The van der Waals surface area contributed by atoms with Gasteiger partial charge in [0.15, 0.2) is 0 Å². The fraction of sp³-hybridized carbons (Fsp3) is 0.533. The van der Waals surface area contributed by atoms with Crippen LogP contribution in [0.2, 0.25) is 0 Å². The summed E-state index contributed by atoms with van der Waals surface area (Å²) in [7, 11) is 0. The van der Waals surface area contributed by atoms with Crippen molar-refractivity contribution in [3.8, 4) is 0 Å². The Morgan fingerprint density at radius 1 is 1.00 bits per heavy atom. The van der Waals surface area contributed by atoms with Crippen LogP contribution in [0.1, 0.15) is 43.4 Å². The van der Waals surface area contributed by atoms with E-state index >= 15 is 0 Å². The molecule has 0 aromatic heterocycles. The summed E-state index contributed by atoms with van der Waals surface area (Å²) in [6.45, 7) is 4.48. The number of fused-ring (bicyclic) bond motifs is 2. The summed E-state index contributed by atoms with van der Waals surface area (Å²) >= 11 is 0. The molecule has 0 atom stereocenters. The van der Waals surface area contributed by atoms with Crippen molar-refractivity contribution in [3.05, 3.63) is 28.8 Å². The van der Waals surface area contributed by atoms with Crippen molar-refractivity contribution in [2.75, 3.05) is 0 Å². The standard InChI is InChI=1S/C15H19N/c1-10(2)14-9-13-7-11-5-3-4-6-12(11)8-15(13)16-14/h7-8,10H,3-6,9H2,1-2H3. The highest BCUT2D eigenvalue weighted by Gasteiger charge is 2.20. The van der Waals surface area contributed by atoms with Gasteiger partial charge in [-0.1, -0.05) is 19.9 Å². The van der Waals surface area contributed by atoms with Gasteiger partial charge in [-0.2, -0.15) is 0 Å². The number of aliphatic imine (C=N–C) groups is 1. The molecule has 0 saturated carbocycles. The third-order valence-corrected chi connectivity index (χ3v) is 3.85. The van der Waals surface area contributed by atoms with E-state index in [0.717, 1.165) is 6.42 Å². The number of benzene rings is 1. The molecule has 0 unspecified atom stereocenters. The topological polar surface area (TPSA) is 12.4 Å². The molecule has 84 valence electrons. The Labute approximate surface area is 97.6 Å². The second kappa shape index (κ2) is 3.73. The van der Waals surface area contributed by atoms with Crippen molar-refractivity contribution < 1.29 is 0 Å². The van der Waals surface area contributed by atoms with E-state index in [-0.39, 0.29) is 0 Å². The highest BCUT2D eigenvalue weighted by molar-refractivity contribution is 5.95. The molecular weight excluding hydrogens is 194 g/mol. The molecular formula is C15H19N. The molecule has 2 aliphatic rings. The Morgan fingerprint density at radius 3 is 2.38 bits per heavy atom. The molecule has 0 radical (unpaired) electrons. The van der Waals surface area contributed by atoms with Gasteiger partial charge >= 0.3 is 0 Å². The number of rotatable bonds is 1. The summed E-state index contributed by atoms with van der Waals surface area (Å²) in [6.07, 6.45) is 6.34. The zero-order chi connectivity index (χ0) is 11.1. The van der Waals surface area contributed by atoms with Crippen LogP contribution in [0.15, 0.2) is 17.1 Å². The van der Waals surface area contributed by atoms with Crippen LogP contribution in [0, 0.1) is 5.92 Å². The summed E-state index contributed by atoms with van der Waals surface area (Å²) in [6, 6.07) is 4.77. The first kappa shape index (κ1) is 10.1. The van der Waals surface area contributed by atoms with E-state index in [1.807, 2.05) is 0 Å². The van der Waals surface area contributed by atoms with Crippen molar-refractivity contribution in [2.45, 2.75) is 46.0 Å². The molecule has 0 N–H and O–H groups in total. The molecule has 1 heterocycles. The first-order valence-corrected chi connectivity index (χ1v) is 6.46. The predicted molar refractivity (Wildman–Crippen MR) is 68.7 cm³/mol. The second-order valence-corrected chi connectivity index (χ2v) is 5.39. The molecule has 1 aliphatic carbocycles. The van der Waals surface area contributed by atoms with Crippen molar-refractivity contribution in [1.82, 2.24) is 0 Å². The monoisotopic (exact) mass is 213 g/mol. The van der Waals surface area contributed by atoms with E-state index in [1.165, 1.54) is 42.6 Å². The molecule has 1 aliphatic heterocycles. The van der Waals surface area contributed by atoms with Crippen LogP contribution in [0.25, 0.3) is 0 Å². The average molecular weight is 213 g/mol. The normalized spacial score (nSPS) is 18.3. The third kappa shape index (κ3) is 1.59. The molecule has 1 aromatic carbocycles. The fourth-order valence-corrected chi connectivity index (χ4v) is 2.79. The fourth-order valence-electron chi connectivity index (χ4n) is 2.79. The lowest BCUT2D eigenvalue weighted by molar-refractivity contribution is 0.685. The van der Waals surface area contributed by atoms with E-state index < -0.39 is 0 Å². The lowest BCUT2D eigenvalue weighted by Crippen LogP contribution is -2.07. The van der Waals surface area contributed by atoms with Crippen molar-refractivity contribution >= 4 is 11.4 Å². The van der Waals surface area contributed by atoms with E-state index in [4.69, 9.17) is 4.99 Å². The van der Waals surface area contributed by atoms with Crippen molar-refractivity contribution in [2.24, 2.45) is 10.9 Å². The molecule has 0 bridgehead atoms. The van der Waals surface area contributed by atoms with Gasteiger partial charge in [0.2, 0.25) is 0 Å². The van der Waals surface area contributed by atoms with E-state index in [2.05, 4.69) is 26.0 Å². The Bertz CT molecular complexity index is 455. The summed E-state index contributed by atoms with van der Waals surface area (Å²) in [5.74, 6) is 0.587. The maximum atomic E-state index is 4.78. The van der Waals surface area contributed by atoms with Gasteiger partial charge in [0.05, 0.1) is 5.69 Å². The summed E-state index contributed by atoms with van der Waals surface area (Å²) in [5, 5.41) is 0. The van der Waals surface area contributed by atoms with Gasteiger partial charge in [0, 0.05) is 12.1 Å². The quantitative estimate of drug-likeness (QED) is 0.672. The van der Waals surface area contributed by atoms with Gasteiger partial charge in [-0.25, -0.2) is 0 Å². The molecule has 0 saturated heterocycles. The minimum Gasteiger partial charge on any atom is -0.257 e. The maximum absolute atomic E-state index is 4.78. The lowest BCUT2D eigenvalue weighted by atomic mass is 9.89. The van der Waals surface area contributed by atoms with Gasteiger partial charge in [-0.15, -0.1) is 0 Å². The second-order valence-electron chi connectivity index (χ2n) is 5.39. The van der Waals surface area contributed by atoms with Gasteiger partial charge in [-0.3, -0.25) is 4.99 Å². The Balaban J connectivity index is 2.00. The highest BCUT2D eigenvalue weighted by Crippen LogP contribution is 2.34.